The number of thiophene rings is 1. The summed E-state index contributed by atoms with van der Waals surface area (Å²) in [6.07, 6.45) is 0. The van der Waals surface area contributed by atoms with Crippen LogP contribution in [0.15, 0.2) is 68.7 Å². The van der Waals surface area contributed by atoms with Crippen molar-refractivity contribution in [1.29, 1.82) is 5.26 Å². The van der Waals surface area contributed by atoms with Crippen molar-refractivity contribution in [2.45, 2.75) is 17.7 Å². The SMILES string of the molecule is CCOC(=O)C1=C(N)N2C(=O)c3ccccc3SC2=C(C#N)C1c1cccs1. The predicted molar refractivity (Wildman–Crippen MR) is 106 cm³/mol. The average Bonchev–Trinajstić information content (AvgIpc) is 3.22. The summed E-state index contributed by atoms with van der Waals surface area (Å²) in [6.45, 7) is 1.86. The van der Waals surface area contributed by atoms with Gasteiger partial charge in [0.2, 0.25) is 0 Å². The maximum absolute atomic E-state index is 13.1. The van der Waals surface area contributed by atoms with E-state index in [-0.39, 0.29) is 23.9 Å². The van der Waals surface area contributed by atoms with E-state index in [0.29, 0.717) is 16.2 Å². The number of carbonyl (C=O) groups is 2. The highest BCUT2D eigenvalue weighted by Gasteiger charge is 2.44. The van der Waals surface area contributed by atoms with E-state index in [1.807, 2.05) is 29.6 Å². The van der Waals surface area contributed by atoms with E-state index < -0.39 is 11.9 Å². The molecule has 2 aromatic rings. The number of nitrogens with two attached hydrogens (primary N) is 1. The quantitative estimate of drug-likeness (QED) is 0.779. The summed E-state index contributed by atoms with van der Waals surface area (Å²) in [5.74, 6) is -1.64. The number of hydrogen-bond donors (Lipinski definition) is 1. The number of ether oxygens (including phenoxy) is 1. The van der Waals surface area contributed by atoms with E-state index in [4.69, 9.17) is 10.5 Å². The fourth-order valence-electron chi connectivity index (χ4n) is 3.31. The summed E-state index contributed by atoms with van der Waals surface area (Å²) in [5, 5.41) is 12.3. The Bertz CT molecular complexity index is 1080. The second-order valence-corrected chi connectivity index (χ2v) is 8.05. The minimum Gasteiger partial charge on any atom is -0.463 e. The summed E-state index contributed by atoms with van der Waals surface area (Å²) in [4.78, 5) is 28.7. The van der Waals surface area contributed by atoms with Gasteiger partial charge in [0, 0.05) is 9.77 Å². The number of rotatable bonds is 3. The fourth-order valence-corrected chi connectivity index (χ4v) is 5.32. The molecule has 1 aromatic heterocycles. The Labute approximate surface area is 169 Å². The molecular formula is C20H15N3O3S2. The van der Waals surface area contributed by atoms with Gasteiger partial charge >= 0.3 is 5.97 Å². The van der Waals surface area contributed by atoms with Gasteiger partial charge < -0.3 is 10.5 Å². The Hall–Kier alpha value is -3.02. The summed E-state index contributed by atoms with van der Waals surface area (Å²) in [6, 6.07) is 13.0. The van der Waals surface area contributed by atoms with E-state index in [1.54, 1.807) is 19.1 Å². The van der Waals surface area contributed by atoms with Gasteiger partial charge in [-0.25, -0.2) is 4.79 Å². The molecule has 0 radical (unpaired) electrons. The molecule has 0 spiro atoms. The summed E-state index contributed by atoms with van der Waals surface area (Å²) in [7, 11) is 0. The number of esters is 1. The number of allylic oxidation sites excluding steroid dienone is 1. The molecule has 1 aromatic carbocycles. The van der Waals surface area contributed by atoms with Crippen LogP contribution in [0.2, 0.25) is 0 Å². The van der Waals surface area contributed by atoms with Crippen molar-refractivity contribution in [1.82, 2.24) is 4.90 Å². The normalized spacial score (nSPS) is 18.5. The summed E-state index contributed by atoms with van der Waals surface area (Å²) in [5.41, 5.74) is 7.27. The van der Waals surface area contributed by atoms with Crippen molar-refractivity contribution >= 4 is 35.0 Å². The number of nitriles is 1. The first kappa shape index (κ1) is 18.3. The molecule has 0 fully saturated rings. The van der Waals surface area contributed by atoms with Crippen LogP contribution in [0.1, 0.15) is 28.1 Å². The summed E-state index contributed by atoms with van der Waals surface area (Å²) < 4.78 is 5.21. The van der Waals surface area contributed by atoms with E-state index >= 15 is 0 Å². The van der Waals surface area contributed by atoms with E-state index in [1.165, 1.54) is 28.0 Å². The van der Waals surface area contributed by atoms with Gasteiger partial charge in [-0.3, -0.25) is 9.69 Å². The smallest absolute Gasteiger partial charge is 0.338 e. The number of hydrogen-bond acceptors (Lipinski definition) is 7. The molecule has 0 aliphatic carbocycles. The van der Waals surface area contributed by atoms with Crippen molar-refractivity contribution in [2.24, 2.45) is 5.73 Å². The molecule has 2 aliphatic heterocycles. The molecule has 2 N–H and O–H groups in total. The van der Waals surface area contributed by atoms with Gasteiger partial charge in [0.05, 0.1) is 35.3 Å². The van der Waals surface area contributed by atoms with Gasteiger partial charge in [-0.05, 0) is 30.5 Å². The molecule has 1 unspecified atom stereocenters. The third-order valence-electron chi connectivity index (χ3n) is 4.50. The minimum atomic E-state index is -0.666. The molecule has 4 rings (SSSR count). The first-order valence-electron chi connectivity index (χ1n) is 8.54. The van der Waals surface area contributed by atoms with E-state index in [2.05, 4.69) is 6.07 Å². The van der Waals surface area contributed by atoms with Crippen molar-refractivity contribution < 1.29 is 14.3 Å². The number of thioether (sulfide) groups is 1. The molecule has 1 amide bonds. The Morgan fingerprint density at radius 3 is 2.79 bits per heavy atom. The Kier molecular flexibility index (Phi) is 4.71. The van der Waals surface area contributed by atoms with Crippen LogP contribution in [0.5, 0.6) is 0 Å². The Morgan fingerprint density at radius 2 is 2.11 bits per heavy atom. The van der Waals surface area contributed by atoms with Crippen LogP contribution in [-0.4, -0.2) is 23.4 Å². The number of benzene rings is 1. The molecule has 140 valence electrons. The fraction of sp³-hybridized carbons (Fsp3) is 0.150. The van der Waals surface area contributed by atoms with Crippen molar-refractivity contribution in [3.05, 3.63) is 74.2 Å². The molecular weight excluding hydrogens is 394 g/mol. The lowest BCUT2D eigenvalue weighted by Crippen LogP contribution is -2.42. The Morgan fingerprint density at radius 1 is 1.32 bits per heavy atom. The minimum absolute atomic E-state index is 0.0119. The van der Waals surface area contributed by atoms with Crippen LogP contribution in [0.25, 0.3) is 0 Å². The van der Waals surface area contributed by atoms with Gasteiger partial charge in [-0.1, -0.05) is 30.0 Å². The Balaban J connectivity index is 1.98. The lowest BCUT2D eigenvalue weighted by atomic mass is 9.87. The number of nitrogens with zero attached hydrogens (tertiary/aromatic N) is 2. The molecule has 0 bridgehead atoms. The highest BCUT2D eigenvalue weighted by molar-refractivity contribution is 8.03. The second-order valence-electron chi connectivity index (χ2n) is 6.04. The van der Waals surface area contributed by atoms with Crippen molar-refractivity contribution in [3.8, 4) is 6.07 Å². The van der Waals surface area contributed by atoms with E-state index in [0.717, 1.165) is 9.77 Å². The van der Waals surface area contributed by atoms with Crippen LogP contribution >= 0.6 is 23.1 Å². The topological polar surface area (TPSA) is 96.4 Å². The lowest BCUT2D eigenvalue weighted by molar-refractivity contribution is -0.138. The predicted octanol–water partition coefficient (Wildman–Crippen LogP) is 3.56. The molecule has 8 heteroatoms. The average molecular weight is 409 g/mol. The van der Waals surface area contributed by atoms with E-state index in [9.17, 15) is 14.9 Å². The van der Waals surface area contributed by atoms with Crippen LogP contribution in [0.4, 0.5) is 0 Å². The van der Waals surface area contributed by atoms with Crippen LogP contribution in [-0.2, 0) is 9.53 Å². The zero-order valence-corrected chi connectivity index (χ0v) is 16.5. The van der Waals surface area contributed by atoms with Gasteiger partial charge in [-0.15, -0.1) is 11.3 Å². The number of carbonyl (C=O) groups excluding carboxylic acids is 2. The highest BCUT2D eigenvalue weighted by atomic mass is 32.2. The molecule has 2 aliphatic rings. The van der Waals surface area contributed by atoms with Crippen LogP contribution < -0.4 is 5.73 Å². The van der Waals surface area contributed by atoms with Crippen molar-refractivity contribution in [2.75, 3.05) is 6.61 Å². The molecule has 1 atom stereocenters. The second kappa shape index (κ2) is 7.19. The van der Waals surface area contributed by atoms with Crippen LogP contribution in [0.3, 0.4) is 0 Å². The molecule has 6 nitrogen and oxygen atoms in total. The molecule has 0 saturated heterocycles. The molecule has 28 heavy (non-hydrogen) atoms. The molecule has 0 saturated carbocycles. The van der Waals surface area contributed by atoms with Gasteiger partial charge in [-0.2, -0.15) is 5.26 Å². The van der Waals surface area contributed by atoms with Crippen LogP contribution in [0, 0.1) is 11.3 Å². The number of fused-ring (bicyclic) bond motifs is 2. The van der Waals surface area contributed by atoms with Gasteiger partial charge in [0.25, 0.3) is 5.91 Å². The number of amides is 1. The highest BCUT2D eigenvalue weighted by Crippen LogP contribution is 2.50. The standard InChI is InChI=1S/C20H15N3O3S2/c1-2-26-20(25)16-15(14-8-5-9-27-14)12(10-21)19-23(17(16)22)18(24)11-6-3-4-7-13(11)28-19/h3-9,15H,2,22H2,1H3. The third kappa shape index (κ3) is 2.71. The lowest BCUT2D eigenvalue weighted by Gasteiger charge is -2.37. The van der Waals surface area contributed by atoms with Gasteiger partial charge in [0.15, 0.2) is 0 Å². The summed E-state index contributed by atoms with van der Waals surface area (Å²) >= 11 is 2.73. The first-order valence-corrected chi connectivity index (χ1v) is 10.2. The zero-order chi connectivity index (χ0) is 19.8. The van der Waals surface area contributed by atoms with Gasteiger partial charge in [0.1, 0.15) is 10.9 Å². The maximum atomic E-state index is 13.1. The monoisotopic (exact) mass is 409 g/mol. The first-order chi connectivity index (χ1) is 13.6. The largest absolute Gasteiger partial charge is 0.463 e. The maximum Gasteiger partial charge on any atom is 0.338 e. The van der Waals surface area contributed by atoms with Crippen molar-refractivity contribution in [3.63, 3.8) is 0 Å². The zero-order valence-electron chi connectivity index (χ0n) is 14.8. The molecule has 3 heterocycles. The third-order valence-corrected chi connectivity index (χ3v) is 6.61.